The number of aliphatic imine (C=N–C) groups is 1. The lowest BCUT2D eigenvalue weighted by atomic mass is 10.3. The third kappa shape index (κ3) is 5.41. The van der Waals surface area contributed by atoms with Crippen LogP contribution in [0.25, 0.3) is 6.08 Å². The number of likely N-dealkylation sites (N-methyl/N-ethyl adjacent to an activating group) is 1. The summed E-state index contributed by atoms with van der Waals surface area (Å²) in [5.41, 5.74) is 1.95. The molecule has 1 saturated heterocycles. The zero-order valence-electron chi connectivity index (χ0n) is 17.9. The molecule has 0 saturated carbocycles. The van der Waals surface area contributed by atoms with Gasteiger partial charge in [0.15, 0.2) is 5.17 Å². The van der Waals surface area contributed by atoms with E-state index >= 15 is 0 Å². The number of carbonyl (C=O) groups is 1. The fourth-order valence-electron chi connectivity index (χ4n) is 3.02. The number of thiophene rings is 1. The van der Waals surface area contributed by atoms with Crippen LogP contribution in [-0.4, -0.2) is 36.6 Å². The van der Waals surface area contributed by atoms with Crippen molar-refractivity contribution in [3.8, 4) is 0 Å². The van der Waals surface area contributed by atoms with Crippen LogP contribution in [0.3, 0.4) is 0 Å². The lowest BCUT2D eigenvalue weighted by molar-refractivity contribution is -0.122. The number of anilines is 1. The molecule has 8 heteroatoms. The second-order valence-electron chi connectivity index (χ2n) is 7.18. The average Bonchev–Trinajstić information content (AvgIpc) is 3.34. The van der Waals surface area contributed by atoms with Crippen LogP contribution in [0.4, 0.5) is 11.4 Å². The van der Waals surface area contributed by atoms with Crippen LogP contribution in [0.15, 0.2) is 79.7 Å². The summed E-state index contributed by atoms with van der Waals surface area (Å²) in [6.45, 7) is 2.55. The normalized spacial score (nSPS) is 16.4. The highest BCUT2D eigenvalue weighted by atomic mass is 35.5. The molecule has 4 rings (SSSR count). The van der Waals surface area contributed by atoms with E-state index in [9.17, 15) is 4.79 Å². The van der Waals surface area contributed by atoms with Crippen molar-refractivity contribution in [2.75, 3.05) is 25.5 Å². The topological polar surface area (TPSA) is 35.9 Å². The van der Waals surface area contributed by atoms with E-state index in [0.29, 0.717) is 16.6 Å². The van der Waals surface area contributed by atoms with Crippen molar-refractivity contribution in [2.24, 2.45) is 4.99 Å². The number of rotatable bonds is 6. The Hall–Kier alpha value is -2.19. The number of hydrogen-bond acceptors (Lipinski definition) is 6. The quantitative estimate of drug-likeness (QED) is 0.335. The highest BCUT2D eigenvalue weighted by molar-refractivity contribution is 8.18. The largest absolute Gasteiger partial charge is 0.378 e. The summed E-state index contributed by atoms with van der Waals surface area (Å²) in [6, 6.07) is 19.9. The van der Waals surface area contributed by atoms with Gasteiger partial charge in [-0.1, -0.05) is 23.4 Å². The molecule has 2 heterocycles. The Labute approximate surface area is 206 Å². The lowest BCUT2D eigenvalue weighted by Crippen LogP contribution is -2.28. The Kier molecular flexibility index (Phi) is 7.30. The minimum Gasteiger partial charge on any atom is -0.378 e. The van der Waals surface area contributed by atoms with E-state index in [2.05, 4.69) is 12.1 Å². The maximum Gasteiger partial charge on any atom is 0.266 e. The van der Waals surface area contributed by atoms with Gasteiger partial charge in [0.05, 0.1) is 14.8 Å². The van der Waals surface area contributed by atoms with E-state index < -0.39 is 0 Å². The van der Waals surface area contributed by atoms with E-state index in [1.807, 2.05) is 80.5 Å². The highest BCUT2D eigenvalue weighted by Gasteiger charge is 2.32. The molecule has 0 unspecified atom stereocenters. The molecule has 2 aromatic carbocycles. The smallest absolute Gasteiger partial charge is 0.266 e. The fourth-order valence-corrected chi connectivity index (χ4v) is 6.34. The molecule has 1 aliphatic heterocycles. The summed E-state index contributed by atoms with van der Waals surface area (Å²) in [5, 5.41) is 1.45. The number of nitrogens with zero attached hydrogens (tertiary/aromatic N) is 3. The van der Waals surface area contributed by atoms with Gasteiger partial charge in [0, 0.05) is 41.1 Å². The summed E-state index contributed by atoms with van der Waals surface area (Å²) in [6.07, 6.45) is 1.96. The average molecular weight is 500 g/mol. The van der Waals surface area contributed by atoms with E-state index in [0.717, 1.165) is 30.4 Å². The van der Waals surface area contributed by atoms with Gasteiger partial charge in [-0.25, -0.2) is 4.99 Å². The molecule has 1 aromatic heterocycles. The Morgan fingerprint density at radius 2 is 1.78 bits per heavy atom. The second kappa shape index (κ2) is 10.2. The van der Waals surface area contributed by atoms with Crippen LogP contribution >= 0.6 is 46.5 Å². The first-order valence-electron chi connectivity index (χ1n) is 10.0. The van der Waals surface area contributed by atoms with Crippen LogP contribution in [0.5, 0.6) is 0 Å². The van der Waals surface area contributed by atoms with Gasteiger partial charge in [-0.2, -0.15) is 0 Å². The molecule has 4 nitrogen and oxygen atoms in total. The third-order valence-electron chi connectivity index (χ3n) is 4.70. The van der Waals surface area contributed by atoms with E-state index in [1.165, 1.54) is 11.8 Å². The maximum absolute atomic E-state index is 13.0. The number of benzene rings is 2. The predicted molar refractivity (Wildman–Crippen MR) is 141 cm³/mol. The zero-order chi connectivity index (χ0) is 22.7. The predicted octanol–water partition coefficient (Wildman–Crippen LogP) is 7.24. The number of hydrogen-bond donors (Lipinski definition) is 0. The summed E-state index contributed by atoms with van der Waals surface area (Å²) < 4.78 is 1.16. The Balaban J connectivity index is 1.52. The first kappa shape index (κ1) is 23.0. The molecule has 32 heavy (non-hydrogen) atoms. The number of halogens is 1. The number of amides is 1. The number of amidine groups is 1. The van der Waals surface area contributed by atoms with Crippen LogP contribution in [0.1, 0.15) is 11.8 Å². The van der Waals surface area contributed by atoms with Gasteiger partial charge in [0.1, 0.15) is 0 Å². The molecular formula is C24H22ClN3OS3. The molecular weight excluding hydrogens is 478 g/mol. The van der Waals surface area contributed by atoms with Crippen molar-refractivity contribution in [1.29, 1.82) is 0 Å². The number of carbonyl (C=O) groups excluding carboxylic acids is 1. The number of thioether (sulfide) groups is 1. The molecule has 0 radical (unpaired) electrons. The SMILES string of the molecule is CCN1C(=O)/C(=C/c2ccc(Sc3ccc(Cl)cc3)s2)SC1=Nc1ccc(N(C)C)cc1. The minimum absolute atomic E-state index is 0.00136. The van der Waals surface area contributed by atoms with Crippen molar-refractivity contribution >= 4 is 75.0 Å². The van der Waals surface area contributed by atoms with Crippen molar-refractivity contribution in [3.63, 3.8) is 0 Å². The molecule has 164 valence electrons. The minimum atomic E-state index is 0.00136. The van der Waals surface area contributed by atoms with Crippen LogP contribution in [-0.2, 0) is 4.79 Å². The molecule has 1 fully saturated rings. The first-order valence-corrected chi connectivity index (χ1v) is 12.9. The van der Waals surface area contributed by atoms with E-state index in [1.54, 1.807) is 28.0 Å². The molecule has 1 amide bonds. The summed E-state index contributed by atoms with van der Waals surface area (Å²) in [5.74, 6) is 0.00136. The first-order chi connectivity index (χ1) is 15.4. The summed E-state index contributed by atoms with van der Waals surface area (Å²) in [7, 11) is 4.01. The van der Waals surface area contributed by atoms with Gasteiger partial charge in [-0.05, 0) is 85.4 Å². The van der Waals surface area contributed by atoms with Crippen LogP contribution in [0, 0.1) is 0 Å². The third-order valence-corrected chi connectivity index (χ3v) is 8.13. The Morgan fingerprint density at radius 3 is 2.44 bits per heavy atom. The van der Waals surface area contributed by atoms with Crippen molar-refractivity contribution in [3.05, 3.63) is 75.5 Å². The zero-order valence-corrected chi connectivity index (χ0v) is 21.1. The van der Waals surface area contributed by atoms with Gasteiger partial charge in [-0.15, -0.1) is 11.3 Å². The van der Waals surface area contributed by atoms with Crippen molar-refractivity contribution < 1.29 is 4.79 Å². The fraction of sp³-hybridized carbons (Fsp3) is 0.167. The summed E-state index contributed by atoms with van der Waals surface area (Å²) >= 11 is 10.7. The molecule has 1 aliphatic rings. The van der Waals surface area contributed by atoms with Gasteiger partial charge < -0.3 is 4.90 Å². The van der Waals surface area contributed by atoms with E-state index in [4.69, 9.17) is 16.6 Å². The van der Waals surface area contributed by atoms with E-state index in [-0.39, 0.29) is 5.91 Å². The summed E-state index contributed by atoms with van der Waals surface area (Å²) in [4.78, 5) is 24.3. The maximum atomic E-state index is 13.0. The molecule has 0 bridgehead atoms. The Morgan fingerprint density at radius 1 is 1.06 bits per heavy atom. The van der Waals surface area contributed by atoms with Crippen LogP contribution < -0.4 is 4.90 Å². The molecule has 0 aliphatic carbocycles. The lowest BCUT2D eigenvalue weighted by Gasteiger charge is -2.13. The van der Waals surface area contributed by atoms with Gasteiger partial charge in [0.2, 0.25) is 0 Å². The van der Waals surface area contributed by atoms with Gasteiger partial charge in [-0.3, -0.25) is 9.69 Å². The highest BCUT2D eigenvalue weighted by Crippen LogP contribution is 2.38. The Bertz CT molecular complexity index is 1170. The van der Waals surface area contributed by atoms with Gasteiger partial charge in [0.25, 0.3) is 5.91 Å². The molecule has 3 aromatic rings. The molecule has 0 N–H and O–H groups in total. The molecule has 0 spiro atoms. The van der Waals surface area contributed by atoms with Crippen LogP contribution in [0.2, 0.25) is 5.02 Å². The van der Waals surface area contributed by atoms with Crippen molar-refractivity contribution in [1.82, 2.24) is 4.90 Å². The van der Waals surface area contributed by atoms with Crippen molar-refractivity contribution in [2.45, 2.75) is 16.0 Å². The molecule has 0 atom stereocenters. The monoisotopic (exact) mass is 499 g/mol. The second-order valence-corrected chi connectivity index (χ2v) is 11.1. The standard InChI is InChI=1S/C24H22ClN3OS3/c1-4-28-23(29)21(32-24(28)26-17-7-9-18(10-8-17)27(2)3)15-20-13-14-22(31-20)30-19-11-5-16(25)6-12-19/h5-15H,4H2,1-3H3/b21-15-,26-24?. The van der Waals surface area contributed by atoms with Gasteiger partial charge >= 0.3 is 0 Å².